The fourth-order valence-electron chi connectivity index (χ4n) is 7.72. The second kappa shape index (κ2) is 10.8. The molecular weight excluding hydrogens is 615 g/mol. The predicted octanol–water partition coefficient (Wildman–Crippen LogP) is 12.2. The third-order valence-corrected chi connectivity index (χ3v) is 10.2. The Morgan fingerprint density at radius 2 is 1.26 bits per heavy atom. The molecule has 0 unspecified atom stereocenters. The Bertz CT molecular complexity index is 2720. The van der Waals surface area contributed by atoms with Crippen molar-refractivity contribution >= 4 is 50.2 Å². The molecule has 0 N–H and O–H groups in total. The van der Waals surface area contributed by atoms with Gasteiger partial charge in [0.25, 0.3) is 0 Å². The molecule has 10 rings (SSSR count). The summed E-state index contributed by atoms with van der Waals surface area (Å²) in [5.41, 5.74) is 13.4. The van der Waals surface area contributed by atoms with E-state index >= 15 is 0 Å². The summed E-state index contributed by atoms with van der Waals surface area (Å²) in [6.45, 7) is 4.62. The Labute approximate surface area is 289 Å². The minimum atomic E-state index is -0.0830. The first kappa shape index (κ1) is 28.5. The monoisotopic (exact) mass is 645 g/mol. The maximum atomic E-state index is 6.56. The molecule has 0 radical (unpaired) electrons. The molecule has 1 aliphatic carbocycles. The van der Waals surface area contributed by atoms with E-state index in [0.29, 0.717) is 5.89 Å². The first-order chi connectivity index (χ1) is 24.5. The van der Waals surface area contributed by atoms with Crippen LogP contribution in [0.5, 0.6) is 0 Å². The molecule has 0 bridgehead atoms. The van der Waals surface area contributed by atoms with Crippen molar-refractivity contribution in [2.24, 2.45) is 0 Å². The molecule has 1 aliphatic rings. The molecule has 5 nitrogen and oxygen atoms in total. The van der Waals surface area contributed by atoms with Crippen molar-refractivity contribution in [1.29, 1.82) is 0 Å². The molecule has 0 fully saturated rings. The van der Waals surface area contributed by atoms with Gasteiger partial charge in [0.2, 0.25) is 5.89 Å². The van der Waals surface area contributed by atoms with Crippen LogP contribution in [0.4, 0.5) is 17.2 Å². The van der Waals surface area contributed by atoms with E-state index in [-0.39, 0.29) is 5.41 Å². The van der Waals surface area contributed by atoms with E-state index in [4.69, 9.17) is 18.8 Å². The standard InChI is InChI=1S/C45H31N3O2/c1-45(2)36-18-7-6-16-32(36)34-25-31(22-23-37(34)45)48(30-15-10-14-29(24-30)28-12-4-3-5-13-28)42-26-41-35(27-46-42)43-33(17-11-21-40(43)49-41)44-47-38-19-8-9-20-39(38)50-44/h3-27H,1-2H3. The molecule has 0 atom stereocenters. The largest absolute Gasteiger partial charge is 0.456 e. The summed E-state index contributed by atoms with van der Waals surface area (Å²) in [5.74, 6) is 1.32. The molecular formula is C45H31N3O2. The number of rotatable bonds is 5. The highest BCUT2D eigenvalue weighted by Crippen LogP contribution is 2.51. The number of oxazole rings is 1. The van der Waals surface area contributed by atoms with Gasteiger partial charge in [-0.05, 0) is 81.9 Å². The van der Waals surface area contributed by atoms with Crippen molar-refractivity contribution in [3.63, 3.8) is 0 Å². The molecule has 9 aromatic rings. The second-order valence-electron chi connectivity index (χ2n) is 13.5. The number of furan rings is 1. The third-order valence-electron chi connectivity index (χ3n) is 10.2. The van der Waals surface area contributed by atoms with Gasteiger partial charge in [0.15, 0.2) is 5.58 Å². The smallest absolute Gasteiger partial charge is 0.228 e. The quantitative estimate of drug-likeness (QED) is 0.186. The van der Waals surface area contributed by atoms with Crippen LogP contribution in [0.1, 0.15) is 25.0 Å². The van der Waals surface area contributed by atoms with Crippen molar-refractivity contribution in [2.75, 3.05) is 4.90 Å². The topological polar surface area (TPSA) is 55.3 Å². The van der Waals surface area contributed by atoms with Crippen LogP contribution in [0.3, 0.4) is 0 Å². The summed E-state index contributed by atoms with van der Waals surface area (Å²) in [6, 6.07) is 50.6. The maximum Gasteiger partial charge on any atom is 0.228 e. The number of fused-ring (bicyclic) bond motifs is 7. The van der Waals surface area contributed by atoms with Gasteiger partial charge >= 0.3 is 0 Å². The van der Waals surface area contributed by atoms with Crippen molar-refractivity contribution in [3.8, 4) is 33.7 Å². The zero-order chi connectivity index (χ0) is 33.4. The molecule has 50 heavy (non-hydrogen) atoms. The Balaban J connectivity index is 1.16. The van der Waals surface area contributed by atoms with Crippen LogP contribution in [0, 0.1) is 0 Å². The second-order valence-corrected chi connectivity index (χ2v) is 13.5. The number of pyridine rings is 1. The average Bonchev–Trinajstić information content (AvgIpc) is 3.83. The van der Waals surface area contributed by atoms with Crippen molar-refractivity contribution < 1.29 is 8.83 Å². The summed E-state index contributed by atoms with van der Waals surface area (Å²) < 4.78 is 12.8. The molecule has 0 amide bonds. The number of anilines is 3. The maximum absolute atomic E-state index is 6.56. The molecule has 5 heteroatoms. The lowest BCUT2D eigenvalue weighted by Gasteiger charge is -2.26. The summed E-state index contributed by atoms with van der Waals surface area (Å²) in [7, 11) is 0. The van der Waals surface area contributed by atoms with Crippen LogP contribution in [-0.4, -0.2) is 9.97 Å². The lowest BCUT2D eigenvalue weighted by molar-refractivity contribution is 0.620. The average molecular weight is 646 g/mol. The number of benzene rings is 6. The van der Waals surface area contributed by atoms with Crippen LogP contribution in [0.15, 0.2) is 161 Å². The number of hydrogen-bond acceptors (Lipinski definition) is 5. The van der Waals surface area contributed by atoms with E-state index in [1.54, 1.807) is 0 Å². The zero-order valence-corrected chi connectivity index (χ0v) is 27.6. The van der Waals surface area contributed by atoms with Gasteiger partial charge < -0.3 is 8.83 Å². The van der Waals surface area contributed by atoms with Gasteiger partial charge in [-0.15, -0.1) is 0 Å². The number of para-hydroxylation sites is 2. The molecule has 0 saturated heterocycles. The van der Waals surface area contributed by atoms with E-state index in [2.05, 4.69) is 110 Å². The molecule has 3 aromatic heterocycles. The molecule has 0 aliphatic heterocycles. The molecule has 0 saturated carbocycles. The Morgan fingerprint density at radius 1 is 0.540 bits per heavy atom. The SMILES string of the molecule is CC1(C)c2ccccc2-c2cc(N(c3cccc(-c4ccccc4)c3)c3cc4oc5cccc(-c6nc7ccccc7o6)c5c4cn3)ccc21. The normalized spacial score (nSPS) is 13.2. The van der Waals surface area contributed by atoms with Gasteiger partial charge in [0.05, 0.1) is 0 Å². The molecule has 0 spiro atoms. The summed E-state index contributed by atoms with van der Waals surface area (Å²) in [5, 5.41) is 1.84. The first-order valence-corrected chi connectivity index (χ1v) is 16.9. The van der Waals surface area contributed by atoms with Crippen molar-refractivity contribution in [2.45, 2.75) is 19.3 Å². The lowest BCUT2D eigenvalue weighted by Crippen LogP contribution is -2.15. The third kappa shape index (κ3) is 4.33. The first-order valence-electron chi connectivity index (χ1n) is 16.9. The highest BCUT2D eigenvalue weighted by atomic mass is 16.3. The van der Waals surface area contributed by atoms with Crippen LogP contribution >= 0.6 is 0 Å². The highest BCUT2D eigenvalue weighted by Gasteiger charge is 2.35. The highest BCUT2D eigenvalue weighted by molar-refractivity contribution is 6.12. The number of hydrogen-bond donors (Lipinski definition) is 0. The van der Waals surface area contributed by atoms with E-state index in [0.717, 1.165) is 66.9 Å². The van der Waals surface area contributed by atoms with E-state index < -0.39 is 0 Å². The Hall–Kier alpha value is -6.46. The van der Waals surface area contributed by atoms with Crippen LogP contribution in [-0.2, 0) is 5.41 Å². The van der Waals surface area contributed by atoms with Gasteiger partial charge in [-0.2, -0.15) is 0 Å². The fourth-order valence-corrected chi connectivity index (χ4v) is 7.72. The Kier molecular flexibility index (Phi) is 6.15. The summed E-state index contributed by atoms with van der Waals surface area (Å²) in [4.78, 5) is 12.2. The predicted molar refractivity (Wildman–Crippen MR) is 202 cm³/mol. The lowest BCUT2D eigenvalue weighted by atomic mass is 9.82. The summed E-state index contributed by atoms with van der Waals surface area (Å²) >= 11 is 0. The van der Waals surface area contributed by atoms with Gasteiger partial charge in [-0.25, -0.2) is 9.97 Å². The van der Waals surface area contributed by atoms with Crippen molar-refractivity contribution in [1.82, 2.24) is 9.97 Å². The van der Waals surface area contributed by atoms with Crippen molar-refractivity contribution in [3.05, 3.63) is 163 Å². The van der Waals surface area contributed by atoms with Crippen LogP contribution < -0.4 is 4.90 Å². The van der Waals surface area contributed by atoms with Gasteiger partial charge in [0, 0.05) is 45.4 Å². The minimum Gasteiger partial charge on any atom is -0.456 e. The Morgan fingerprint density at radius 3 is 2.16 bits per heavy atom. The van der Waals surface area contributed by atoms with Crippen LogP contribution in [0.25, 0.3) is 66.7 Å². The number of aromatic nitrogens is 2. The van der Waals surface area contributed by atoms with Crippen LogP contribution in [0.2, 0.25) is 0 Å². The molecule has 3 heterocycles. The molecule has 6 aromatic carbocycles. The molecule has 238 valence electrons. The van der Waals surface area contributed by atoms with Gasteiger partial charge in [0.1, 0.15) is 22.5 Å². The summed E-state index contributed by atoms with van der Waals surface area (Å²) in [6.07, 6.45) is 1.92. The number of nitrogens with zero attached hydrogens (tertiary/aromatic N) is 3. The van der Waals surface area contributed by atoms with Gasteiger partial charge in [-0.3, -0.25) is 4.90 Å². The zero-order valence-electron chi connectivity index (χ0n) is 27.6. The van der Waals surface area contributed by atoms with E-state index in [9.17, 15) is 0 Å². The van der Waals surface area contributed by atoms with E-state index in [1.165, 1.54) is 22.3 Å². The minimum absolute atomic E-state index is 0.0830. The van der Waals surface area contributed by atoms with E-state index in [1.807, 2.05) is 60.8 Å². The fraction of sp³-hybridized carbons (Fsp3) is 0.0667. The van der Waals surface area contributed by atoms with Gasteiger partial charge in [-0.1, -0.05) is 105 Å².